The summed E-state index contributed by atoms with van der Waals surface area (Å²) < 4.78 is 0. The van der Waals surface area contributed by atoms with Crippen molar-refractivity contribution in [3.63, 3.8) is 0 Å². The topological polar surface area (TPSA) is 98.0 Å². The lowest BCUT2D eigenvalue weighted by atomic mass is 9.90. The van der Waals surface area contributed by atoms with Crippen LogP contribution in [0.25, 0.3) is 0 Å². The molecule has 4 N–H and O–H groups in total. The summed E-state index contributed by atoms with van der Waals surface area (Å²) in [6, 6.07) is 0. The third-order valence-corrected chi connectivity index (χ3v) is 3.96. The second kappa shape index (κ2) is 9.10. The monoisotopic (exact) mass is 286 g/mol. The van der Waals surface area contributed by atoms with Crippen molar-refractivity contribution in [1.29, 1.82) is 0 Å². The molecule has 116 valence electrons. The Balaban J connectivity index is 2.36. The van der Waals surface area contributed by atoms with Gasteiger partial charge in [-0.3, -0.25) is 4.79 Å². The van der Waals surface area contributed by atoms with Gasteiger partial charge in [0.15, 0.2) is 0 Å². The Hall–Kier alpha value is -0.910. The minimum absolute atomic E-state index is 0.107. The average Bonchev–Trinajstić information content (AvgIpc) is 2.63. The van der Waals surface area contributed by atoms with Gasteiger partial charge in [0.25, 0.3) is 0 Å². The molecule has 0 aromatic heterocycles. The van der Waals surface area contributed by atoms with Crippen molar-refractivity contribution < 1.29 is 25.2 Å². The number of aliphatic carboxylic acids is 1. The van der Waals surface area contributed by atoms with Crippen LogP contribution in [-0.4, -0.2) is 45.2 Å². The van der Waals surface area contributed by atoms with Crippen LogP contribution in [0.4, 0.5) is 0 Å². The summed E-state index contributed by atoms with van der Waals surface area (Å²) in [7, 11) is 0. The SMILES string of the molecule is O=C(O)C[C@H]1[C@H](C=CCCCCCCO)[C@@H](O)C[C@H]1O. The zero-order chi connectivity index (χ0) is 15.0. The Bertz CT molecular complexity index is 315. The predicted octanol–water partition coefficient (Wildman–Crippen LogP) is 1.32. The van der Waals surface area contributed by atoms with E-state index in [0.29, 0.717) is 0 Å². The molecule has 0 unspecified atom stereocenters. The Morgan fingerprint density at radius 1 is 1.10 bits per heavy atom. The number of hydrogen-bond donors (Lipinski definition) is 4. The van der Waals surface area contributed by atoms with E-state index >= 15 is 0 Å². The molecule has 0 aromatic rings. The fourth-order valence-electron chi connectivity index (χ4n) is 2.85. The maximum atomic E-state index is 10.8. The second-order valence-electron chi connectivity index (χ2n) is 5.56. The van der Waals surface area contributed by atoms with Crippen molar-refractivity contribution in [3.8, 4) is 0 Å². The van der Waals surface area contributed by atoms with Crippen LogP contribution in [0.2, 0.25) is 0 Å². The number of unbranched alkanes of at least 4 members (excludes halogenated alkanes) is 4. The van der Waals surface area contributed by atoms with Crippen LogP contribution in [0, 0.1) is 11.8 Å². The standard InChI is InChI=1S/C15H26O5/c16-8-6-4-2-1-3-5-7-11-12(9-15(19)20)14(18)10-13(11)17/h5,7,11-14,16-18H,1-4,6,8-10H2,(H,19,20)/t11-,12-,13-,14+/m0/s1. The molecule has 20 heavy (non-hydrogen) atoms. The van der Waals surface area contributed by atoms with Crippen LogP contribution >= 0.6 is 0 Å². The molecule has 0 aromatic carbocycles. The van der Waals surface area contributed by atoms with E-state index in [1.165, 1.54) is 0 Å². The number of rotatable bonds is 9. The summed E-state index contributed by atoms with van der Waals surface area (Å²) in [5.74, 6) is -1.60. The second-order valence-corrected chi connectivity index (χ2v) is 5.56. The highest BCUT2D eigenvalue weighted by atomic mass is 16.4. The van der Waals surface area contributed by atoms with Gasteiger partial charge in [-0.15, -0.1) is 0 Å². The average molecular weight is 286 g/mol. The first kappa shape index (κ1) is 17.1. The van der Waals surface area contributed by atoms with Gasteiger partial charge in [-0.05, 0) is 19.3 Å². The molecule has 4 atom stereocenters. The van der Waals surface area contributed by atoms with Crippen LogP contribution in [0.15, 0.2) is 12.2 Å². The molecule has 0 amide bonds. The molecule has 0 heterocycles. The Labute approximate surface area is 119 Å². The van der Waals surface area contributed by atoms with Crippen LogP contribution in [-0.2, 0) is 4.79 Å². The third-order valence-electron chi connectivity index (χ3n) is 3.96. The molecule has 1 rings (SSSR count). The summed E-state index contributed by atoms with van der Waals surface area (Å²) in [5.41, 5.74) is 0. The van der Waals surface area contributed by atoms with Crippen molar-refractivity contribution in [2.45, 2.75) is 57.2 Å². The normalized spacial score (nSPS) is 30.1. The summed E-state index contributed by atoms with van der Waals surface area (Å²) in [4.78, 5) is 10.8. The first-order chi connectivity index (χ1) is 9.56. The first-order valence-corrected chi connectivity index (χ1v) is 7.41. The molecule has 0 saturated heterocycles. The maximum absolute atomic E-state index is 10.8. The number of carboxylic acids is 1. The lowest BCUT2D eigenvalue weighted by Gasteiger charge is -2.18. The smallest absolute Gasteiger partial charge is 0.303 e. The highest BCUT2D eigenvalue weighted by Gasteiger charge is 2.41. The van der Waals surface area contributed by atoms with E-state index < -0.39 is 24.1 Å². The zero-order valence-corrected chi connectivity index (χ0v) is 11.8. The van der Waals surface area contributed by atoms with E-state index in [9.17, 15) is 15.0 Å². The van der Waals surface area contributed by atoms with Gasteiger partial charge in [0.1, 0.15) is 0 Å². The fourth-order valence-corrected chi connectivity index (χ4v) is 2.85. The third kappa shape index (κ3) is 5.61. The van der Waals surface area contributed by atoms with E-state index in [1.54, 1.807) is 0 Å². The van der Waals surface area contributed by atoms with Gasteiger partial charge >= 0.3 is 5.97 Å². The molecule has 1 aliphatic carbocycles. The maximum Gasteiger partial charge on any atom is 0.303 e. The van der Waals surface area contributed by atoms with E-state index in [1.807, 2.05) is 12.2 Å². The van der Waals surface area contributed by atoms with Crippen molar-refractivity contribution in [2.75, 3.05) is 6.61 Å². The lowest BCUT2D eigenvalue weighted by molar-refractivity contribution is -0.139. The van der Waals surface area contributed by atoms with Crippen LogP contribution < -0.4 is 0 Å². The molecule has 0 radical (unpaired) electrons. The van der Waals surface area contributed by atoms with E-state index in [0.717, 1.165) is 32.1 Å². The van der Waals surface area contributed by atoms with Crippen molar-refractivity contribution in [1.82, 2.24) is 0 Å². The van der Waals surface area contributed by atoms with E-state index in [-0.39, 0.29) is 25.4 Å². The number of carbonyl (C=O) groups is 1. The van der Waals surface area contributed by atoms with Gasteiger partial charge in [-0.25, -0.2) is 0 Å². The molecule has 5 nitrogen and oxygen atoms in total. The fraction of sp³-hybridized carbons (Fsp3) is 0.800. The number of allylic oxidation sites excluding steroid dienone is 1. The molecule has 0 aliphatic heterocycles. The highest BCUT2D eigenvalue weighted by molar-refractivity contribution is 5.67. The number of aliphatic hydroxyl groups is 3. The number of hydrogen-bond acceptors (Lipinski definition) is 4. The molecule has 1 saturated carbocycles. The van der Waals surface area contributed by atoms with E-state index in [2.05, 4.69) is 0 Å². The van der Waals surface area contributed by atoms with Gasteiger partial charge in [0, 0.05) is 24.9 Å². The summed E-state index contributed by atoms with van der Waals surface area (Å²) in [6.45, 7) is 0.235. The molecule has 0 spiro atoms. The van der Waals surface area contributed by atoms with Crippen LogP contribution in [0.1, 0.15) is 44.9 Å². The Kier molecular flexibility index (Phi) is 7.80. The van der Waals surface area contributed by atoms with Gasteiger partial charge < -0.3 is 20.4 Å². The zero-order valence-electron chi connectivity index (χ0n) is 11.8. The van der Waals surface area contributed by atoms with Crippen LogP contribution in [0.5, 0.6) is 0 Å². The Morgan fingerprint density at radius 2 is 1.80 bits per heavy atom. The van der Waals surface area contributed by atoms with Gasteiger partial charge in [-0.2, -0.15) is 0 Å². The lowest BCUT2D eigenvalue weighted by Crippen LogP contribution is -2.23. The first-order valence-electron chi connectivity index (χ1n) is 7.41. The highest BCUT2D eigenvalue weighted by Crippen LogP contribution is 2.36. The quantitative estimate of drug-likeness (QED) is 0.378. The summed E-state index contributed by atoms with van der Waals surface area (Å²) in [5, 5.41) is 37.2. The largest absolute Gasteiger partial charge is 0.481 e. The van der Waals surface area contributed by atoms with E-state index in [4.69, 9.17) is 10.2 Å². The molecular formula is C15H26O5. The molecular weight excluding hydrogens is 260 g/mol. The predicted molar refractivity (Wildman–Crippen MR) is 75.2 cm³/mol. The molecule has 5 heteroatoms. The van der Waals surface area contributed by atoms with Crippen LogP contribution in [0.3, 0.4) is 0 Å². The number of carboxylic acid groups (broad SMARTS) is 1. The minimum Gasteiger partial charge on any atom is -0.481 e. The van der Waals surface area contributed by atoms with Gasteiger partial charge in [0.2, 0.25) is 0 Å². The molecule has 1 fully saturated rings. The Morgan fingerprint density at radius 3 is 2.45 bits per heavy atom. The number of aliphatic hydroxyl groups excluding tert-OH is 3. The van der Waals surface area contributed by atoms with Crippen molar-refractivity contribution >= 4 is 5.97 Å². The van der Waals surface area contributed by atoms with Crippen molar-refractivity contribution in [2.24, 2.45) is 11.8 Å². The van der Waals surface area contributed by atoms with Gasteiger partial charge in [-0.1, -0.05) is 25.0 Å². The van der Waals surface area contributed by atoms with Gasteiger partial charge in [0.05, 0.1) is 18.6 Å². The molecule has 0 bridgehead atoms. The molecule has 1 aliphatic rings. The summed E-state index contributed by atoms with van der Waals surface area (Å²) in [6.07, 6.45) is 7.39. The van der Waals surface area contributed by atoms with Crippen molar-refractivity contribution in [3.05, 3.63) is 12.2 Å². The minimum atomic E-state index is -0.939. The summed E-state index contributed by atoms with van der Waals surface area (Å²) >= 11 is 0.